The highest BCUT2D eigenvalue weighted by molar-refractivity contribution is 7.51. The molecule has 5 heteroatoms. The maximum atomic E-state index is 11.0. The molecule has 1 aliphatic carbocycles. The molecule has 4 nitrogen and oxygen atoms in total. The fourth-order valence-corrected chi connectivity index (χ4v) is 3.88. The molecule has 0 aliphatic heterocycles. The van der Waals surface area contributed by atoms with Crippen LogP contribution in [0.5, 0.6) is 0 Å². The van der Waals surface area contributed by atoms with Gasteiger partial charge in [-0.1, -0.05) is 13.8 Å². The molecule has 1 fully saturated rings. The average molecular weight is 221 g/mol. The Morgan fingerprint density at radius 1 is 1.36 bits per heavy atom. The Balaban J connectivity index is 2.76. The van der Waals surface area contributed by atoms with Gasteiger partial charge in [-0.25, -0.2) is 0 Å². The molecule has 84 valence electrons. The van der Waals surface area contributed by atoms with Crippen molar-refractivity contribution in [3.05, 3.63) is 0 Å². The van der Waals surface area contributed by atoms with E-state index in [0.29, 0.717) is 6.54 Å². The molecule has 0 unspecified atom stereocenters. The van der Waals surface area contributed by atoms with Crippen LogP contribution in [0.3, 0.4) is 0 Å². The van der Waals surface area contributed by atoms with Gasteiger partial charge in [-0.3, -0.25) is 4.57 Å². The highest BCUT2D eigenvalue weighted by atomic mass is 31.2. The van der Waals surface area contributed by atoms with Crippen molar-refractivity contribution in [3.63, 3.8) is 0 Å². The van der Waals surface area contributed by atoms with Crippen LogP contribution in [0.25, 0.3) is 0 Å². The van der Waals surface area contributed by atoms with Crippen molar-refractivity contribution in [2.75, 3.05) is 12.7 Å². The topological polar surface area (TPSA) is 83.6 Å². The van der Waals surface area contributed by atoms with E-state index in [2.05, 4.69) is 13.8 Å². The Hall–Kier alpha value is 0.110. The molecule has 4 N–H and O–H groups in total. The fraction of sp³-hybridized carbons (Fsp3) is 1.00. The first-order chi connectivity index (χ1) is 6.18. The Morgan fingerprint density at radius 2 is 1.93 bits per heavy atom. The van der Waals surface area contributed by atoms with E-state index in [0.717, 1.165) is 19.3 Å². The first-order valence-corrected chi connectivity index (χ1v) is 6.73. The highest BCUT2D eigenvalue weighted by Crippen LogP contribution is 2.54. The third-order valence-electron chi connectivity index (χ3n) is 3.16. The second kappa shape index (κ2) is 3.60. The second-order valence-electron chi connectivity index (χ2n) is 5.37. The highest BCUT2D eigenvalue weighted by Gasteiger charge is 2.45. The minimum atomic E-state index is -3.93. The van der Waals surface area contributed by atoms with Crippen molar-refractivity contribution < 1.29 is 14.4 Å². The van der Waals surface area contributed by atoms with Crippen LogP contribution < -0.4 is 5.73 Å². The van der Waals surface area contributed by atoms with E-state index in [1.54, 1.807) is 0 Å². The Morgan fingerprint density at radius 3 is 2.21 bits per heavy atom. The minimum Gasteiger partial charge on any atom is -0.330 e. The fourth-order valence-electron chi connectivity index (χ4n) is 2.61. The van der Waals surface area contributed by atoms with Gasteiger partial charge in [0.05, 0.1) is 6.16 Å². The molecule has 1 atom stereocenters. The van der Waals surface area contributed by atoms with E-state index >= 15 is 0 Å². The van der Waals surface area contributed by atoms with E-state index in [1.165, 1.54) is 0 Å². The van der Waals surface area contributed by atoms with Gasteiger partial charge in [0.15, 0.2) is 0 Å². The standard InChI is InChI=1S/C9H20NO3P/c1-8(2)3-4-9(5-8,6-10)7-14(11,12)13/h3-7,10H2,1-2H3,(H2,11,12,13)/t9-/m1/s1. The van der Waals surface area contributed by atoms with Gasteiger partial charge in [0.2, 0.25) is 0 Å². The Kier molecular flexibility index (Phi) is 3.13. The van der Waals surface area contributed by atoms with Crippen molar-refractivity contribution in [1.29, 1.82) is 0 Å². The Bertz CT molecular complexity index is 261. The number of rotatable bonds is 3. The molecule has 14 heavy (non-hydrogen) atoms. The zero-order chi connectivity index (χ0) is 11.0. The van der Waals surface area contributed by atoms with Crippen molar-refractivity contribution in [2.45, 2.75) is 33.1 Å². The summed E-state index contributed by atoms with van der Waals surface area (Å²) in [5, 5.41) is 0. The van der Waals surface area contributed by atoms with Gasteiger partial charge in [-0.15, -0.1) is 0 Å². The van der Waals surface area contributed by atoms with Crippen LogP contribution in [-0.2, 0) is 4.57 Å². The molecule has 0 aromatic rings. The number of nitrogens with two attached hydrogens (primary N) is 1. The van der Waals surface area contributed by atoms with Crippen LogP contribution in [0.1, 0.15) is 33.1 Å². The predicted molar refractivity (Wildman–Crippen MR) is 56.0 cm³/mol. The SMILES string of the molecule is CC1(C)CC[C@@](CN)(CP(=O)(O)O)C1. The normalized spacial score (nSPS) is 32.1. The van der Waals surface area contributed by atoms with Crippen molar-refractivity contribution in [3.8, 4) is 0 Å². The van der Waals surface area contributed by atoms with Crippen molar-refractivity contribution in [1.82, 2.24) is 0 Å². The van der Waals surface area contributed by atoms with Gasteiger partial charge in [0.25, 0.3) is 0 Å². The zero-order valence-corrected chi connectivity index (χ0v) is 9.76. The lowest BCUT2D eigenvalue weighted by Gasteiger charge is -2.29. The van der Waals surface area contributed by atoms with Gasteiger partial charge < -0.3 is 15.5 Å². The summed E-state index contributed by atoms with van der Waals surface area (Å²) in [4.78, 5) is 18.0. The van der Waals surface area contributed by atoms with Crippen LogP contribution in [-0.4, -0.2) is 22.5 Å². The number of hydrogen-bond acceptors (Lipinski definition) is 2. The molecule has 1 saturated carbocycles. The van der Waals surface area contributed by atoms with E-state index in [-0.39, 0.29) is 17.0 Å². The van der Waals surface area contributed by atoms with E-state index < -0.39 is 7.60 Å². The molecule has 0 aromatic carbocycles. The summed E-state index contributed by atoms with van der Waals surface area (Å²) in [5.74, 6) is 0. The molecule has 0 saturated heterocycles. The number of hydrogen-bond donors (Lipinski definition) is 3. The summed E-state index contributed by atoms with van der Waals surface area (Å²) in [6, 6.07) is 0. The predicted octanol–water partition coefficient (Wildman–Crippen LogP) is 1.32. The largest absolute Gasteiger partial charge is 0.330 e. The minimum absolute atomic E-state index is 0.0556. The summed E-state index contributed by atoms with van der Waals surface area (Å²) < 4.78 is 11.0. The van der Waals surface area contributed by atoms with Gasteiger partial charge in [0, 0.05) is 0 Å². The molecular weight excluding hydrogens is 201 g/mol. The van der Waals surface area contributed by atoms with E-state index in [1.807, 2.05) is 0 Å². The average Bonchev–Trinajstić information content (AvgIpc) is 2.24. The molecule has 0 aromatic heterocycles. The second-order valence-corrected chi connectivity index (χ2v) is 7.01. The zero-order valence-electron chi connectivity index (χ0n) is 8.86. The van der Waals surface area contributed by atoms with Gasteiger partial charge in [0.1, 0.15) is 0 Å². The first-order valence-electron chi connectivity index (χ1n) is 4.93. The summed E-state index contributed by atoms with van der Waals surface area (Å²) in [6.45, 7) is 4.63. The summed E-state index contributed by atoms with van der Waals surface area (Å²) in [5.41, 5.74) is 5.50. The van der Waals surface area contributed by atoms with Gasteiger partial charge >= 0.3 is 7.60 Å². The monoisotopic (exact) mass is 221 g/mol. The molecule has 0 radical (unpaired) electrons. The maximum absolute atomic E-state index is 11.0. The third kappa shape index (κ3) is 3.06. The molecule has 0 spiro atoms. The van der Waals surface area contributed by atoms with Crippen LogP contribution >= 0.6 is 7.60 Å². The van der Waals surface area contributed by atoms with Crippen molar-refractivity contribution in [2.24, 2.45) is 16.6 Å². The van der Waals surface area contributed by atoms with Gasteiger partial charge in [-0.05, 0) is 36.6 Å². The molecule has 1 aliphatic rings. The van der Waals surface area contributed by atoms with E-state index in [4.69, 9.17) is 15.5 Å². The van der Waals surface area contributed by atoms with Crippen molar-refractivity contribution >= 4 is 7.60 Å². The summed E-state index contributed by atoms with van der Waals surface area (Å²) >= 11 is 0. The van der Waals surface area contributed by atoms with Gasteiger partial charge in [-0.2, -0.15) is 0 Å². The third-order valence-corrected chi connectivity index (χ3v) is 4.24. The molecule has 0 amide bonds. The lowest BCUT2D eigenvalue weighted by Crippen LogP contribution is -2.32. The maximum Gasteiger partial charge on any atom is 0.326 e. The molecule has 0 heterocycles. The quantitative estimate of drug-likeness (QED) is 0.627. The Labute approximate surface area is 85.0 Å². The smallest absolute Gasteiger partial charge is 0.326 e. The molecular formula is C9H20NO3P. The van der Waals surface area contributed by atoms with Crippen LogP contribution in [0.4, 0.5) is 0 Å². The summed E-state index contributed by atoms with van der Waals surface area (Å²) in [6.07, 6.45) is 2.60. The van der Waals surface area contributed by atoms with Crippen LogP contribution in [0.15, 0.2) is 0 Å². The molecule has 0 bridgehead atoms. The van der Waals surface area contributed by atoms with Crippen LogP contribution in [0, 0.1) is 10.8 Å². The summed E-state index contributed by atoms with van der Waals surface area (Å²) in [7, 11) is -3.93. The van der Waals surface area contributed by atoms with Crippen LogP contribution in [0.2, 0.25) is 0 Å². The van der Waals surface area contributed by atoms with E-state index in [9.17, 15) is 4.57 Å². The lowest BCUT2D eigenvalue weighted by atomic mass is 9.83. The first kappa shape index (κ1) is 12.2. The lowest BCUT2D eigenvalue weighted by molar-refractivity contribution is 0.268. The molecule has 1 rings (SSSR count).